The van der Waals surface area contributed by atoms with Gasteiger partial charge in [-0.1, -0.05) is 26.7 Å². The quantitative estimate of drug-likeness (QED) is 0.737. The topological polar surface area (TPSA) is 29.5 Å². The lowest BCUT2D eigenvalue weighted by molar-refractivity contribution is 0.0683. The Morgan fingerprint density at radius 3 is 2.71 bits per heavy atom. The predicted octanol–water partition coefficient (Wildman–Crippen LogP) is 4.13. The first-order chi connectivity index (χ1) is 10.2. The molecule has 1 heterocycles. The van der Waals surface area contributed by atoms with Crippen molar-refractivity contribution in [1.29, 1.82) is 0 Å². The number of nitrogens with zero attached hydrogens (tertiary/aromatic N) is 1. The summed E-state index contributed by atoms with van der Waals surface area (Å²) >= 11 is 0. The van der Waals surface area contributed by atoms with E-state index in [1.165, 1.54) is 19.3 Å². The Hall–Kier alpha value is -1.51. The van der Waals surface area contributed by atoms with Gasteiger partial charge < -0.3 is 9.64 Å². The van der Waals surface area contributed by atoms with Gasteiger partial charge in [0.1, 0.15) is 5.75 Å². The van der Waals surface area contributed by atoms with Gasteiger partial charge >= 0.3 is 0 Å². The van der Waals surface area contributed by atoms with Crippen LogP contribution < -0.4 is 4.74 Å². The molecular formula is C18H27NO2. The second-order valence-corrected chi connectivity index (χ2v) is 6.08. The Morgan fingerprint density at radius 1 is 1.29 bits per heavy atom. The molecule has 1 saturated heterocycles. The molecule has 0 aromatic heterocycles. The van der Waals surface area contributed by atoms with Crippen LogP contribution in [-0.4, -0.2) is 30.5 Å². The maximum absolute atomic E-state index is 12.4. The molecule has 1 amide bonds. The van der Waals surface area contributed by atoms with Crippen LogP contribution in [-0.2, 0) is 0 Å². The Bertz CT molecular complexity index is 441. The van der Waals surface area contributed by atoms with Gasteiger partial charge in [-0.05, 0) is 49.4 Å². The van der Waals surface area contributed by atoms with Crippen molar-refractivity contribution in [3.63, 3.8) is 0 Å². The molecule has 1 atom stereocenters. The number of benzene rings is 1. The third-order valence-electron chi connectivity index (χ3n) is 4.06. The molecule has 0 bridgehead atoms. The highest BCUT2D eigenvalue weighted by molar-refractivity contribution is 5.94. The summed E-state index contributed by atoms with van der Waals surface area (Å²) in [6, 6.07) is 7.59. The first kappa shape index (κ1) is 15.9. The Labute approximate surface area is 128 Å². The number of unbranched alkanes of at least 4 members (excludes halogenated alkanes) is 2. The van der Waals surface area contributed by atoms with Crippen LogP contribution >= 0.6 is 0 Å². The fourth-order valence-electron chi connectivity index (χ4n) is 2.79. The molecule has 1 aliphatic heterocycles. The van der Waals surface area contributed by atoms with Gasteiger partial charge in [0.05, 0.1) is 6.61 Å². The number of rotatable bonds is 6. The summed E-state index contributed by atoms with van der Waals surface area (Å²) in [7, 11) is 0. The van der Waals surface area contributed by atoms with Gasteiger partial charge in [-0.2, -0.15) is 0 Å². The maximum Gasteiger partial charge on any atom is 0.253 e. The van der Waals surface area contributed by atoms with E-state index in [-0.39, 0.29) is 5.91 Å². The summed E-state index contributed by atoms with van der Waals surface area (Å²) in [6.45, 7) is 6.92. The van der Waals surface area contributed by atoms with E-state index in [0.29, 0.717) is 5.92 Å². The van der Waals surface area contributed by atoms with E-state index in [1.54, 1.807) is 0 Å². The van der Waals surface area contributed by atoms with E-state index in [2.05, 4.69) is 13.8 Å². The number of carbonyl (C=O) groups excluding carboxylic acids is 1. The standard InChI is InChI=1S/C18H27NO2/c1-3-4-5-13-21-17-10-8-16(9-11-17)18(20)19-12-6-7-15(2)14-19/h8-11,15H,3-7,12-14H2,1-2H3. The third-order valence-corrected chi connectivity index (χ3v) is 4.06. The monoisotopic (exact) mass is 289 g/mol. The lowest BCUT2D eigenvalue weighted by atomic mass is 9.99. The van der Waals surface area contributed by atoms with E-state index >= 15 is 0 Å². The van der Waals surface area contributed by atoms with Crippen LogP contribution in [0.4, 0.5) is 0 Å². The molecule has 1 aromatic rings. The van der Waals surface area contributed by atoms with Crippen molar-refractivity contribution >= 4 is 5.91 Å². The lowest BCUT2D eigenvalue weighted by Gasteiger charge is -2.31. The van der Waals surface area contributed by atoms with E-state index in [0.717, 1.165) is 43.9 Å². The van der Waals surface area contributed by atoms with Crippen LogP contribution in [0.5, 0.6) is 5.75 Å². The smallest absolute Gasteiger partial charge is 0.253 e. The largest absolute Gasteiger partial charge is 0.494 e. The molecule has 0 saturated carbocycles. The van der Waals surface area contributed by atoms with Crippen LogP contribution in [0, 0.1) is 5.92 Å². The summed E-state index contributed by atoms with van der Waals surface area (Å²) in [5.74, 6) is 1.62. The number of likely N-dealkylation sites (tertiary alicyclic amines) is 1. The highest BCUT2D eigenvalue weighted by Crippen LogP contribution is 2.19. The van der Waals surface area contributed by atoms with Crippen LogP contribution in [0.1, 0.15) is 56.3 Å². The van der Waals surface area contributed by atoms with Crippen molar-refractivity contribution in [3.8, 4) is 5.75 Å². The number of carbonyl (C=O) groups is 1. The van der Waals surface area contributed by atoms with Crippen molar-refractivity contribution < 1.29 is 9.53 Å². The SMILES string of the molecule is CCCCCOc1ccc(C(=O)N2CCCC(C)C2)cc1. The van der Waals surface area contributed by atoms with Gasteiger partial charge in [-0.25, -0.2) is 0 Å². The Balaban J connectivity index is 1.87. The van der Waals surface area contributed by atoms with Crippen molar-refractivity contribution in [2.24, 2.45) is 5.92 Å². The molecule has 0 radical (unpaired) electrons. The summed E-state index contributed by atoms with van der Waals surface area (Å²) in [5, 5.41) is 0. The second kappa shape index (κ2) is 8.06. The van der Waals surface area contributed by atoms with Crippen LogP contribution in [0.25, 0.3) is 0 Å². The zero-order valence-electron chi connectivity index (χ0n) is 13.3. The molecule has 3 heteroatoms. The normalized spacial score (nSPS) is 18.6. The van der Waals surface area contributed by atoms with Crippen molar-refractivity contribution in [2.75, 3.05) is 19.7 Å². The first-order valence-electron chi connectivity index (χ1n) is 8.23. The number of hydrogen-bond acceptors (Lipinski definition) is 2. The summed E-state index contributed by atoms with van der Waals surface area (Å²) in [5.41, 5.74) is 0.769. The molecule has 1 unspecified atom stereocenters. The Kier molecular flexibility index (Phi) is 6.09. The van der Waals surface area contributed by atoms with Crippen molar-refractivity contribution in [3.05, 3.63) is 29.8 Å². The number of piperidine rings is 1. The summed E-state index contributed by atoms with van der Waals surface area (Å²) in [4.78, 5) is 14.4. The van der Waals surface area contributed by atoms with Crippen molar-refractivity contribution in [2.45, 2.75) is 46.0 Å². The van der Waals surface area contributed by atoms with Gasteiger partial charge in [0.25, 0.3) is 5.91 Å². The summed E-state index contributed by atoms with van der Waals surface area (Å²) < 4.78 is 5.68. The molecule has 0 spiro atoms. The minimum absolute atomic E-state index is 0.152. The van der Waals surface area contributed by atoms with Crippen LogP contribution in [0.2, 0.25) is 0 Å². The molecule has 21 heavy (non-hydrogen) atoms. The highest BCUT2D eigenvalue weighted by Gasteiger charge is 2.21. The lowest BCUT2D eigenvalue weighted by Crippen LogP contribution is -2.39. The third kappa shape index (κ3) is 4.76. The number of amides is 1. The average Bonchev–Trinajstić information content (AvgIpc) is 2.51. The maximum atomic E-state index is 12.4. The van der Waals surface area contributed by atoms with Gasteiger partial charge in [-0.15, -0.1) is 0 Å². The van der Waals surface area contributed by atoms with Gasteiger partial charge in [0.2, 0.25) is 0 Å². The fourth-order valence-corrected chi connectivity index (χ4v) is 2.79. The summed E-state index contributed by atoms with van der Waals surface area (Å²) in [6.07, 6.45) is 5.83. The van der Waals surface area contributed by atoms with E-state index in [1.807, 2.05) is 29.2 Å². The zero-order chi connectivity index (χ0) is 15.1. The van der Waals surface area contributed by atoms with Crippen LogP contribution in [0.3, 0.4) is 0 Å². The average molecular weight is 289 g/mol. The molecule has 1 aliphatic rings. The Morgan fingerprint density at radius 2 is 2.05 bits per heavy atom. The highest BCUT2D eigenvalue weighted by atomic mass is 16.5. The minimum atomic E-state index is 0.152. The van der Waals surface area contributed by atoms with Gasteiger partial charge in [0.15, 0.2) is 0 Å². The van der Waals surface area contributed by atoms with E-state index < -0.39 is 0 Å². The van der Waals surface area contributed by atoms with Crippen LogP contribution in [0.15, 0.2) is 24.3 Å². The zero-order valence-corrected chi connectivity index (χ0v) is 13.3. The van der Waals surface area contributed by atoms with Gasteiger partial charge in [-0.3, -0.25) is 4.79 Å². The van der Waals surface area contributed by atoms with E-state index in [4.69, 9.17) is 4.74 Å². The second-order valence-electron chi connectivity index (χ2n) is 6.08. The van der Waals surface area contributed by atoms with E-state index in [9.17, 15) is 4.79 Å². The number of hydrogen-bond donors (Lipinski definition) is 0. The molecule has 0 aliphatic carbocycles. The minimum Gasteiger partial charge on any atom is -0.494 e. The number of ether oxygens (including phenoxy) is 1. The molecule has 1 aromatic carbocycles. The molecule has 116 valence electrons. The van der Waals surface area contributed by atoms with Crippen molar-refractivity contribution in [1.82, 2.24) is 4.90 Å². The molecule has 1 fully saturated rings. The fraction of sp³-hybridized carbons (Fsp3) is 0.611. The predicted molar refractivity (Wildman–Crippen MR) is 85.8 cm³/mol. The molecule has 0 N–H and O–H groups in total. The molecule has 2 rings (SSSR count). The first-order valence-corrected chi connectivity index (χ1v) is 8.23. The molecule has 3 nitrogen and oxygen atoms in total. The molecular weight excluding hydrogens is 262 g/mol. The van der Waals surface area contributed by atoms with Gasteiger partial charge in [0, 0.05) is 18.7 Å².